The van der Waals surface area contributed by atoms with E-state index in [4.69, 9.17) is 11.4 Å². The van der Waals surface area contributed by atoms with Crippen molar-refractivity contribution in [2.24, 2.45) is 0 Å². The maximum atomic E-state index is 8.56. The number of rotatable bonds is 0. The zero-order valence-corrected chi connectivity index (χ0v) is 3.07. The third-order valence-corrected chi connectivity index (χ3v) is 0. The molecule has 4 heteroatoms. The average Bonchev–Trinajstić information content (AvgIpc) is 0.811. The Hall–Kier alpha value is 0.144. The van der Waals surface area contributed by atoms with Gasteiger partial charge in [0.1, 0.15) is 0 Å². The zero-order valence-electron chi connectivity index (χ0n) is 1.67. The standard InChI is InChI=1S/3O.V/q;;-1;. The van der Waals surface area contributed by atoms with Crippen LogP contribution < -0.4 is 4.03 Å². The Balaban J connectivity index is 3.51. The summed E-state index contributed by atoms with van der Waals surface area (Å²) in [6.45, 7) is 0. The summed E-state index contributed by atoms with van der Waals surface area (Å²) < 4.78 is 25.7. The Labute approximate surface area is 27.6 Å². The summed E-state index contributed by atoms with van der Waals surface area (Å²) in [6.07, 6.45) is 0. The Bertz CT molecular complexity index is 51.7. The second-order valence-corrected chi connectivity index (χ2v) is 0.922. The van der Waals surface area contributed by atoms with Crippen LogP contribution in [0.25, 0.3) is 0 Å². The van der Waals surface area contributed by atoms with Crippen molar-refractivity contribution in [2.45, 2.75) is 0 Å². The van der Waals surface area contributed by atoms with Crippen molar-refractivity contribution in [1.82, 2.24) is 0 Å². The number of hydrogen-bond donors (Lipinski definition) is 0. The van der Waals surface area contributed by atoms with Gasteiger partial charge in [-0.1, -0.05) is 0 Å². The van der Waals surface area contributed by atoms with Crippen LogP contribution in [-0.4, -0.2) is 0 Å². The first-order valence-electron chi connectivity index (χ1n) is 0.548. The van der Waals surface area contributed by atoms with Gasteiger partial charge < -0.3 is 0 Å². The van der Waals surface area contributed by atoms with E-state index in [9.17, 15) is 0 Å². The van der Waals surface area contributed by atoms with Gasteiger partial charge in [0.2, 0.25) is 0 Å². The Morgan fingerprint density at radius 2 is 1.50 bits per heavy atom. The minimum absolute atomic E-state index is 3.94. The summed E-state index contributed by atoms with van der Waals surface area (Å²) in [5.41, 5.74) is 0. The van der Waals surface area contributed by atoms with Crippen LogP contribution in [0.5, 0.6) is 0 Å². The molecule has 0 amide bonds. The molecule has 3 nitrogen and oxygen atoms in total. The molecule has 0 aromatic carbocycles. The van der Waals surface area contributed by atoms with Gasteiger partial charge in [0.25, 0.3) is 0 Å². The van der Waals surface area contributed by atoms with Crippen molar-refractivity contribution in [3.8, 4) is 0 Å². The summed E-state index contributed by atoms with van der Waals surface area (Å²) in [5, 5.41) is 0. The van der Waals surface area contributed by atoms with Gasteiger partial charge in [-0.25, -0.2) is 0 Å². The second kappa shape index (κ2) is 1.46. The topological polar surface area (TPSA) is 57.2 Å². The third kappa shape index (κ3) is 135. The molecular weight excluding hydrogens is 98.9 g/mol. The van der Waals surface area contributed by atoms with Crippen LogP contribution in [0.3, 0.4) is 0 Å². The molecule has 0 saturated heterocycles. The summed E-state index contributed by atoms with van der Waals surface area (Å²) in [4.78, 5) is 0. The molecule has 0 unspecified atom stereocenters. The monoisotopic (exact) mass is 98.9 g/mol. The van der Waals surface area contributed by atoms with E-state index in [-0.39, 0.29) is 0 Å². The molecule has 0 aromatic heterocycles. The fraction of sp³-hybridized carbons (Fsp3) is 0. The molecule has 0 aliphatic heterocycles. The summed E-state index contributed by atoms with van der Waals surface area (Å²) in [6, 6.07) is 0. The Morgan fingerprint density at radius 1 is 1.50 bits per heavy atom. The molecule has 0 bridgehead atoms. The second-order valence-electron chi connectivity index (χ2n) is 0.224. The van der Waals surface area contributed by atoms with Crippen LogP contribution in [0.1, 0.15) is 0 Å². The van der Waals surface area contributed by atoms with Crippen molar-refractivity contribution in [3.05, 3.63) is 0 Å². The van der Waals surface area contributed by atoms with E-state index < -0.39 is 15.4 Å². The normalized spacial score (nSPS) is 6.25. The van der Waals surface area contributed by atoms with Crippen LogP contribution in [0.15, 0.2) is 0 Å². The molecule has 0 atom stereocenters. The van der Waals surface area contributed by atoms with E-state index in [1.54, 1.807) is 0 Å². The van der Waals surface area contributed by atoms with E-state index in [1.807, 2.05) is 0 Å². The van der Waals surface area contributed by atoms with E-state index in [1.165, 1.54) is 0 Å². The van der Waals surface area contributed by atoms with Crippen LogP contribution >= 0.6 is 0 Å². The molecule has 0 N–H and O–H groups in total. The molecule has 0 aromatic rings. The molecule has 0 heterocycles. The van der Waals surface area contributed by atoms with E-state index in [0.717, 1.165) is 0 Å². The molecule has 0 spiro atoms. The molecule has 0 rings (SSSR count). The predicted molar refractivity (Wildman–Crippen MR) is 1.37 cm³/mol. The Morgan fingerprint density at radius 3 is 1.50 bits per heavy atom. The first-order valence-corrected chi connectivity index (χ1v) is 2.26. The van der Waals surface area contributed by atoms with Crippen LogP contribution in [0.2, 0.25) is 0 Å². The van der Waals surface area contributed by atoms with E-state index >= 15 is 0 Å². The molecule has 0 aliphatic rings. The molecule has 0 aliphatic carbocycles. The fourth-order valence-electron chi connectivity index (χ4n) is 0. The van der Waals surface area contributed by atoms with Crippen molar-refractivity contribution >= 4 is 0 Å². The minimum atomic E-state index is -3.94. The van der Waals surface area contributed by atoms with E-state index in [2.05, 4.69) is 0 Å². The van der Waals surface area contributed by atoms with Gasteiger partial charge in [-0.2, -0.15) is 0 Å². The predicted octanol–water partition coefficient (Wildman–Crippen LogP) is -1.43. The van der Waals surface area contributed by atoms with Crippen molar-refractivity contribution < 1.29 is 26.8 Å². The molecule has 0 fully saturated rings. The van der Waals surface area contributed by atoms with Gasteiger partial charge in [0, 0.05) is 0 Å². The van der Waals surface area contributed by atoms with Crippen LogP contribution in [0, 0.1) is 0 Å². The van der Waals surface area contributed by atoms with Crippen molar-refractivity contribution in [2.75, 3.05) is 0 Å². The van der Waals surface area contributed by atoms with E-state index in [0.29, 0.717) is 0 Å². The molecule has 4 heavy (non-hydrogen) atoms. The summed E-state index contributed by atoms with van der Waals surface area (Å²) >= 11 is -3.94. The van der Waals surface area contributed by atoms with Crippen molar-refractivity contribution in [3.63, 3.8) is 0 Å². The van der Waals surface area contributed by atoms with Gasteiger partial charge in [0.05, 0.1) is 0 Å². The summed E-state index contributed by atoms with van der Waals surface area (Å²) in [7, 11) is 0. The quantitative estimate of drug-likeness (QED) is 0.374. The first-order chi connectivity index (χ1) is 1.73. The molecular formula is O3V-. The molecule has 0 radical (unpaired) electrons. The zero-order chi connectivity index (χ0) is 3.58. The first kappa shape index (κ1) is 4.14. The van der Waals surface area contributed by atoms with Gasteiger partial charge in [-0.15, -0.1) is 0 Å². The van der Waals surface area contributed by atoms with Crippen LogP contribution in [0.4, 0.5) is 0 Å². The number of hydrogen-bond acceptors (Lipinski definition) is 3. The van der Waals surface area contributed by atoms with Gasteiger partial charge in [-0.05, 0) is 0 Å². The maximum absolute atomic E-state index is 8.56. The molecule has 24 valence electrons. The Kier molecular flexibility index (Phi) is 1.52. The summed E-state index contributed by atoms with van der Waals surface area (Å²) in [5.74, 6) is 0. The fourth-order valence-corrected chi connectivity index (χ4v) is 0. The molecule has 0 saturated carbocycles. The average molecular weight is 98.9 g/mol. The third-order valence-electron chi connectivity index (χ3n) is 0. The van der Waals surface area contributed by atoms with Crippen LogP contribution in [-0.2, 0) is 22.7 Å². The van der Waals surface area contributed by atoms with Gasteiger partial charge in [-0.3, -0.25) is 0 Å². The van der Waals surface area contributed by atoms with Gasteiger partial charge >= 0.3 is 26.8 Å². The SMILES string of the molecule is [O]=[V](=[O])[O-]. The van der Waals surface area contributed by atoms with Crippen molar-refractivity contribution in [1.29, 1.82) is 0 Å². The van der Waals surface area contributed by atoms with Gasteiger partial charge in [0.15, 0.2) is 0 Å².